The van der Waals surface area contributed by atoms with E-state index < -0.39 is 15.9 Å². The number of likely N-dealkylation sites (tertiary alicyclic amines) is 1. The molecule has 1 fully saturated rings. The molecule has 0 radical (unpaired) electrons. The third kappa shape index (κ3) is 6.78. The average molecular weight is 447 g/mol. The summed E-state index contributed by atoms with van der Waals surface area (Å²) in [6.07, 6.45) is 3.21. The Morgan fingerprint density at radius 3 is 2.35 bits per heavy atom. The van der Waals surface area contributed by atoms with Crippen LogP contribution < -0.4 is 10.1 Å². The quantitative estimate of drug-likeness (QED) is 0.562. The monoisotopic (exact) mass is 446 g/mol. The predicted octanol–water partition coefficient (Wildman–Crippen LogP) is 2.61. The van der Waals surface area contributed by atoms with Gasteiger partial charge in [0, 0.05) is 6.54 Å². The van der Waals surface area contributed by atoms with Gasteiger partial charge in [0.05, 0.1) is 12.0 Å². The van der Waals surface area contributed by atoms with Crippen LogP contribution in [0.25, 0.3) is 0 Å². The van der Waals surface area contributed by atoms with E-state index in [1.807, 2.05) is 30.3 Å². The molecular weight excluding hydrogens is 416 g/mol. The van der Waals surface area contributed by atoms with Crippen molar-refractivity contribution in [1.29, 1.82) is 0 Å². The molecule has 0 aliphatic carbocycles. The minimum absolute atomic E-state index is 0.208. The maximum Gasteiger partial charge on any atom is 0.324 e. The van der Waals surface area contributed by atoms with Crippen molar-refractivity contribution in [1.82, 2.24) is 10.2 Å². The first kappa shape index (κ1) is 23.2. The fourth-order valence-corrected chi connectivity index (χ4v) is 4.73. The van der Waals surface area contributed by atoms with Gasteiger partial charge >= 0.3 is 5.97 Å². The van der Waals surface area contributed by atoms with Crippen molar-refractivity contribution in [2.75, 3.05) is 32.6 Å². The van der Waals surface area contributed by atoms with Gasteiger partial charge in [0.15, 0.2) is 9.84 Å². The van der Waals surface area contributed by atoms with E-state index in [9.17, 15) is 13.2 Å². The van der Waals surface area contributed by atoms with E-state index in [2.05, 4.69) is 10.2 Å². The summed E-state index contributed by atoms with van der Waals surface area (Å²) < 4.78 is 36.0. The van der Waals surface area contributed by atoms with Crippen LogP contribution in [-0.2, 0) is 26.0 Å². The van der Waals surface area contributed by atoms with Gasteiger partial charge in [0.1, 0.15) is 24.3 Å². The van der Waals surface area contributed by atoms with Gasteiger partial charge in [0.25, 0.3) is 0 Å². The maximum absolute atomic E-state index is 12.7. The number of carbonyl (C=O) groups is 1. The summed E-state index contributed by atoms with van der Waals surface area (Å²) in [5.41, 5.74) is 1.04. The first-order chi connectivity index (χ1) is 15.0. The largest absolute Gasteiger partial charge is 0.489 e. The van der Waals surface area contributed by atoms with E-state index in [4.69, 9.17) is 9.47 Å². The third-order valence-corrected chi connectivity index (χ3v) is 6.94. The Bertz CT molecular complexity index is 926. The molecule has 0 spiro atoms. The second kappa shape index (κ2) is 11.3. The zero-order valence-electron chi connectivity index (χ0n) is 17.8. The van der Waals surface area contributed by atoms with Gasteiger partial charge in [-0.3, -0.25) is 9.69 Å². The van der Waals surface area contributed by atoms with Gasteiger partial charge in [-0.05, 0) is 55.8 Å². The van der Waals surface area contributed by atoms with Gasteiger partial charge in [0.2, 0.25) is 0 Å². The molecule has 2 aromatic carbocycles. The number of hydrogen-bond donors (Lipinski definition) is 1. The lowest BCUT2D eigenvalue weighted by Gasteiger charge is -2.32. The Morgan fingerprint density at radius 1 is 1.03 bits per heavy atom. The molecule has 0 saturated carbocycles. The van der Waals surface area contributed by atoms with Crippen LogP contribution in [0.4, 0.5) is 0 Å². The van der Waals surface area contributed by atoms with Crippen molar-refractivity contribution in [2.45, 2.75) is 36.8 Å². The Morgan fingerprint density at radius 2 is 1.71 bits per heavy atom. The molecule has 0 amide bonds. The van der Waals surface area contributed by atoms with E-state index in [0.29, 0.717) is 12.4 Å². The first-order valence-corrected chi connectivity index (χ1v) is 12.2. The second-order valence-electron chi connectivity index (χ2n) is 7.59. The van der Waals surface area contributed by atoms with Gasteiger partial charge in [-0.25, -0.2) is 8.42 Å². The van der Waals surface area contributed by atoms with Crippen molar-refractivity contribution < 1.29 is 22.7 Å². The maximum atomic E-state index is 12.7. The summed E-state index contributed by atoms with van der Waals surface area (Å²) in [4.78, 5) is 14.4. The topological polar surface area (TPSA) is 84.9 Å². The van der Waals surface area contributed by atoms with Crippen LogP contribution in [0.2, 0.25) is 0 Å². The zero-order chi connectivity index (χ0) is 22.1. The Labute approximate surface area is 184 Å². The lowest BCUT2D eigenvalue weighted by molar-refractivity contribution is -0.147. The van der Waals surface area contributed by atoms with Gasteiger partial charge in [-0.2, -0.15) is 0 Å². The number of carbonyl (C=O) groups excluding carboxylic acids is 1. The lowest BCUT2D eigenvalue weighted by atomic mass is 10.1. The molecule has 8 heteroatoms. The fraction of sp³-hybridized carbons (Fsp3) is 0.435. The second-order valence-corrected chi connectivity index (χ2v) is 9.58. The molecule has 1 saturated heterocycles. The van der Waals surface area contributed by atoms with E-state index >= 15 is 0 Å². The van der Waals surface area contributed by atoms with Crippen molar-refractivity contribution in [3.63, 3.8) is 0 Å². The normalized spacial score (nSPS) is 15.9. The highest BCUT2D eigenvalue weighted by atomic mass is 32.2. The van der Waals surface area contributed by atoms with Crippen molar-refractivity contribution >= 4 is 15.8 Å². The number of piperidine rings is 1. The van der Waals surface area contributed by atoms with Crippen LogP contribution in [0.15, 0.2) is 59.5 Å². The SMILES string of the molecule is COC(=O)[C@H](CNCS(=O)(=O)c1ccc(OCc2ccccc2)cc1)N1CCCCC1. The van der Waals surface area contributed by atoms with Crippen LogP contribution in [0.3, 0.4) is 0 Å². The number of esters is 1. The summed E-state index contributed by atoms with van der Waals surface area (Å²) in [6, 6.07) is 15.7. The average Bonchev–Trinajstić information content (AvgIpc) is 2.81. The smallest absolute Gasteiger partial charge is 0.324 e. The Hall–Kier alpha value is -2.42. The van der Waals surface area contributed by atoms with Gasteiger partial charge < -0.3 is 14.8 Å². The Balaban J connectivity index is 1.53. The van der Waals surface area contributed by atoms with Crippen LogP contribution in [0.1, 0.15) is 24.8 Å². The highest BCUT2D eigenvalue weighted by Gasteiger charge is 2.28. The number of rotatable bonds is 10. The summed E-state index contributed by atoms with van der Waals surface area (Å²) in [5, 5.41) is 2.94. The number of nitrogens with zero attached hydrogens (tertiary/aromatic N) is 1. The molecule has 0 aromatic heterocycles. The number of nitrogens with one attached hydrogen (secondary N) is 1. The van der Waals surface area contributed by atoms with Crippen LogP contribution in [0, 0.1) is 0 Å². The van der Waals surface area contributed by atoms with Crippen LogP contribution in [0.5, 0.6) is 5.75 Å². The number of benzene rings is 2. The minimum atomic E-state index is -3.54. The van der Waals surface area contributed by atoms with E-state index in [-0.39, 0.29) is 23.3 Å². The molecule has 31 heavy (non-hydrogen) atoms. The van der Waals surface area contributed by atoms with Gasteiger partial charge in [-0.15, -0.1) is 0 Å². The molecule has 0 bridgehead atoms. The molecule has 1 aliphatic rings. The summed E-state index contributed by atoms with van der Waals surface area (Å²) in [6.45, 7) is 2.28. The molecular formula is C23H30N2O5S. The highest BCUT2D eigenvalue weighted by molar-refractivity contribution is 7.91. The summed E-state index contributed by atoms with van der Waals surface area (Å²) >= 11 is 0. The van der Waals surface area contributed by atoms with E-state index in [1.54, 1.807) is 24.3 Å². The Kier molecular flexibility index (Phi) is 8.45. The number of ether oxygens (including phenoxy) is 2. The first-order valence-electron chi connectivity index (χ1n) is 10.5. The molecule has 2 aromatic rings. The molecule has 1 heterocycles. The third-order valence-electron chi connectivity index (χ3n) is 5.37. The molecule has 1 N–H and O–H groups in total. The van der Waals surface area contributed by atoms with Crippen molar-refractivity contribution in [3.05, 3.63) is 60.2 Å². The molecule has 3 rings (SSSR count). The molecule has 168 valence electrons. The minimum Gasteiger partial charge on any atom is -0.489 e. The van der Waals surface area contributed by atoms with Crippen molar-refractivity contribution in [2.24, 2.45) is 0 Å². The molecule has 0 unspecified atom stereocenters. The van der Waals surface area contributed by atoms with Gasteiger partial charge in [-0.1, -0.05) is 36.8 Å². The fourth-order valence-electron chi connectivity index (χ4n) is 3.63. The summed E-state index contributed by atoms with van der Waals surface area (Å²) in [5.74, 6) is 0.0109. The molecule has 1 aliphatic heterocycles. The standard InChI is InChI=1S/C23H30N2O5S/c1-29-23(26)22(25-14-6-3-7-15-25)16-24-18-31(27,28)21-12-10-20(11-13-21)30-17-19-8-4-2-5-9-19/h2,4-5,8-13,22,24H,3,6-7,14-18H2,1H3/t22-/m0/s1. The number of methoxy groups -OCH3 is 1. The zero-order valence-corrected chi connectivity index (χ0v) is 18.6. The van der Waals surface area contributed by atoms with Crippen molar-refractivity contribution in [3.8, 4) is 5.75 Å². The molecule has 7 nitrogen and oxygen atoms in total. The highest BCUT2D eigenvalue weighted by Crippen LogP contribution is 2.18. The number of sulfone groups is 1. The lowest BCUT2D eigenvalue weighted by Crippen LogP contribution is -2.50. The van der Waals surface area contributed by atoms with Crippen LogP contribution in [-0.4, -0.2) is 57.9 Å². The molecule has 1 atom stereocenters. The predicted molar refractivity (Wildman–Crippen MR) is 118 cm³/mol. The van der Waals surface area contributed by atoms with Crippen LogP contribution >= 0.6 is 0 Å². The van der Waals surface area contributed by atoms with E-state index in [1.165, 1.54) is 7.11 Å². The summed E-state index contributed by atoms with van der Waals surface area (Å²) in [7, 11) is -2.18. The van der Waals surface area contributed by atoms with E-state index in [0.717, 1.165) is 37.9 Å². The number of hydrogen-bond acceptors (Lipinski definition) is 7.